The Balaban J connectivity index is 1.40. The summed E-state index contributed by atoms with van der Waals surface area (Å²) in [4.78, 5) is 34.2. The van der Waals surface area contributed by atoms with Crippen molar-refractivity contribution in [3.8, 4) is 0 Å². The highest BCUT2D eigenvalue weighted by molar-refractivity contribution is 7.98. The van der Waals surface area contributed by atoms with Crippen molar-refractivity contribution < 1.29 is 9.59 Å². The molecule has 142 valence electrons. The van der Waals surface area contributed by atoms with E-state index in [0.29, 0.717) is 24.2 Å². The van der Waals surface area contributed by atoms with E-state index >= 15 is 0 Å². The first kappa shape index (κ1) is 19.1. The molecule has 1 aliphatic heterocycles. The van der Waals surface area contributed by atoms with Gasteiger partial charge in [0, 0.05) is 55.8 Å². The minimum atomic E-state index is -0.0425. The number of nitrogens with one attached hydrogen (secondary N) is 2. The zero-order valence-electron chi connectivity index (χ0n) is 15.2. The molecule has 1 aromatic heterocycles. The van der Waals surface area contributed by atoms with Crippen LogP contribution in [0.25, 0.3) is 0 Å². The molecule has 3 rings (SSSR count). The molecular weight excluding hydrogens is 350 g/mol. The summed E-state index contributed by atoms with van der Waals surface area (Å²) in [6.07, 6.45) is 11.2. The molecule has 2 amide bonds. The van der Waals surface area contributed by atoms with Crippen LogP contribution >= 0.6 is 11.8 Å². The fourth-order valence-electron chi connectivity index (χ4n) is 3.47. The fourth-order valence-corrected chi connectivity index (χ4v) is 3.86. The largest absolute Gasteiger partial charge is 0.352 e. The number of carbonyl (C=O) groups excluding carboxylic acids is 2. The van der Waals surface area contributed by atoms with Crippen LogP contribution < -0.4 is 10.6 Å². The molecule has 2 fully saturated rings. The summed E-state index contributed by atoms with van der Waals surface area (Å²) in [6.45, 7) is 1.45. The van der Waals surface area contributed by atoms with Crippen LogP contribution in [-0.2, 0) is 4.79 Å². The van der Waals surface area contributed by atoms with E-state index in [1.807, 2.05) is 11.2 Å². The number of hydrogen-bond donors (Lipinski definition) is 2. The third-order valence-corrected chi connectivity index (χ3v) is 5.78. The topological polar surface area (TPSA) is 87.2 Å². The van der Waals surface area contributed by atoms with Gasteiger partial charge in [0.1, 0.15) is 5.69 Å². The lowest BCUT2D eigenvalue weighted by Crippen LogP contribution is -2.60. The molecule has 2 N–H and O–H groups in total. The summed E-state index contributed by atoms with van der Waals surface area (Å²) < 4.78 is 0. The van der Waals surface area contributed by atoms with Gasteiger partial charge in [-0.2, -0.15) is 11.8 Å². The van der Waals surface area contributed by atoms with E-state index in [4.69, 9.17) is 0 Å². The lowest BCUT2D eigenvalue weighted by molar-refractivity contribution is -0.122. The summed E-state index contributed by atoms with van der Waals surface area (Å²) in [7, 11) is 0. The number of carbonyl (C=O) groups is 2. The highest BCUT2D eigenvalue weighted by atomic mass is 32.2. The maximum Gasteiger partial charge on any atom is 0.274 e. The predicted octanol–water partition coefficient (Wildman–Crippen LogP) is 1.07. The second-order valence-corrected chi connectivity index (χ2v) is 7.91. The summed E-state index contributed by atoms with van der Waals surface area (Å²) >= 11 is 1.70. The summed E-state index contributed by atoms with van der Waals surface area (Å²) in [5, 5.41) is 6.83. The van der Waals surface area contributed by atoms with Gasteiger partial charge < -0.3 is 15.5 Å². The molecule has 0 aromatic carbocycles. The van der Waals surface area contributed by atoms with Crippen LogP contribution in [0.5, 0.6) is 0 Å². The number of likely N-dealkylation sites (tertiary alicyclic amines) is 1. The lowest BCUT2D eigenvalue weighted by Gasteiger charge is -2.42. The monoisotopic (exact) mass is 377 g/mol. The van der Waals surface area contributed by atoms with Crippen LogP contribution in [0.15, 0.2) is 18.6 Å². The fraction of sp³-hybridized carbons (Fsp3) is 0.667. The molecule has 26 heavy (non-hydrogen) atoms. The average molecular weight is 378 g/mol. The number of nitrogens with zero attached hydrogens (tertiary/aromatic N) is 3. The van der Waals surface area contributed by atoms with E-state index < -0.39 is 0 Å². The molecule has 2 aliphatic rings. The number of aromatic nitrogens is 2. The van der Waals surface area contributed by atoms with Gasteiger partial charge in [0.05, 0.1) is 6.20 Å². The molecule has 8 heteroatoms. The maximum atomic E-state index is 12.4. The van der Waals surface area contributed by atoms with Crippen molar-refractivity contribution in [2.24, 2.45) is 0 Å². The Morgan fingerprint density at radius 2 is 1.96 bits per heavy atom. The standard InChI is InChI=1S/C18H27N5O2S/c1-26-11-6-17(24)22-15-3-2-14(15)21-13-4-9-23(10-5-13)18(25)16-12-19-7-8-20-16/h7-8,12-15,21H,2-6,9-11H2,1H3,(H,22,24). The van der Waals surface area contributed by atoms with Gasteiger partial charge in [0.2, 0.25) is 5.91 Å². The van der Waals surface area contributed by atoms with E-state index in [1.165, 1.54) is 6.20 Å². The SMILES string of the molecule is CSCCC(=O)NC1CCC1NC1CCN(C(=O)c2cnccn2)CC1. The number of amides is 2. The summed E-state index contributed by atoms with van der Waals surface area (Å²) in [5.74, 6) is 0.980. The van der Waals surface area contributed by atoms with Crippen molar-refractivity contribution in [2.45, 2.75) is 50.2 Å². The molecule has 7 nitrogen and oxygen atoms in total. The second kappa shape index (κ2) is 9.32. The maximum absolute atomic E-state index is 12.4. The quantitative estimate of drug-likeness (QED) is 0.739. The number of piperidine rings is 1. The molecule has 1 saturated carbocycles. The number of rotatable bonds is 7. The smallest absolute Gasteiger partial charge is 0.274 e. The summed E-state index contributed by atoms with van der Waals surface area (Å²) in [5.41, 5.74) is 0.408. The Kier molecular flexibility index (Phi) is 6.85. The Labute approximate surface area is 158 Å². The van der Waals surface area contributed by atoms with Gasteiger partial charge in [-0.15, -0.1) is 0 Å². The van der Waals surface area contributed by atoms with Crippen molar-refractivity contribution >= 4 is 23.6 Å². The van der Waals surface area contributed by atoms with Gasteiger partial charge in [-0.1, -0.05) is 0 Å². The van der Waals surface area contributed by atoms with Gasteiger partial charge in [0.25, 0.3) is 5.91 Å². The van der Waals surface area contributed by atoms with Gasteiger partial charge in [-0.3, -0.25) is 14.6 Å². The van der Waals surface area contributed by atoms with E-state index in [9.17, 15) is 9.59 Å². The number of thioether (sulfide) groups is 1. The van der Waals surface area contributed by atoms with Gasteiger partial charge in [0.15, 0.2) is 0 Å². The lowest BCUT2D eigenvalue weighted by atomic mass is 9.85. The normalized spacial score (nSPS) is 23.3. The molecule has 0 spiro atoms. The first-order chi connectivity index (χ1) is 12.7. The predicted molar refractivity (Wildman–Crippen MR) is 102 cm³/mol. The highest BCUT2D eigenvalue weighted by Gasteiger charge is 2.34. The molecule has 0 radical (unpaired) electrons. The van der Waals surface area contributed by atoms with Gasteiger partial charge in [-0.05, 0) is 31.9 Å². The molecule has 2 unspecified atom stereocenters. The van der Waals surface area contributed by atoms with Crippen molar-refractivity contribution in [2.75, 3.05) is 25.1 Å². The minimum Gasteiger partial charge on any atom is -0.352 e. The molecule has 2 heterocycles. The molecule has 0 bridgehead atoms. The van der Waals surface area contributed by atoms with E-state index in [1.54, 1.807) is 24.2 Å². The Hall–Kier alpha value is -1.67. The molecule has 1 saturated heterocycles. The molecule has 2 atom stereocenters. The zero-order valence-corrected chi connectivity index (χ0v) is 16.0. The second-order valence-electron chi connectivity index (χ2n) is 6.92. The zero-order chi connectivity index (χ0) is 18.4. The highest BCUT2D eigenvalue weighted by Crippen LogP contribution is 2.23. The van der Waals surface area contributed by atoms with E-state index in [0.717, 1.165) is 44.5 Å². The molecular formula is C18H27N5O2S. The van der Waals surface area contributed by atoms with Crippen molar-refractivity contribution in [3.05, 3.63) is 24.3 Å². The number of hydrogen-bond acceptors (Lipinski definition) is 6. The first-order valence-corrected chi connectivity index (χ1v) is 10.7. The minimum absolute atomic E-state index is 0.0425. The van der Waals surface area contributed by atoms with E-state index in [2.05, 4.69) is 20.6 Å². The van der Waals surface area contributed by atoms with Crippen molar-refractivity contribution in [1.82, 2.24) is 25.5 Å². The van der Waals surface area contributed by atoms with Crippen LogP contribution in [0.2, 0.25) is 0 Å². The van der Waals surface area contributed by atoms with Gasteiger partial charge in [-0.25, -0.2) is 4.98 Å². The van der Waals surface area contributed by atoms with Crippen LogP contribution in [0.3, 0.4) is 0 Å². The van der Waals surface area contributed by atoms with Crippen LogP contribution in [0.1, 0.15) is 42.6 Å². The third kappa shape index (κ3) is 4.94. The third-order valence-electron chi connectivity index (χ3n) is 5.17. The van der Waals surface area contributed by atoms with Gasteiger partial charge >= 0.3 is 0 Å². The Morgan fingerprint density at radius 3 is 2.58 bits per heavy atom. The van der Waals surface area contributed by atoms with E-state index in [-0.39, 0.29) is 17.9 Å². The van der Waals surface area contributed by atoms with Crippen LogP contribution in [0.4, 0.5) is 0 Å². The Bertz CT molecular complexity index is 607. The molecule has 1 aromatic rings. The average Bonchev–Trinajstić information content (AvgIpc) is 2.68. The van der Waals surface area contributed by atoms with Crippen molar-refractivity contribution in [1.29, 1.82) is 0 Å². The summed E-state index contributed by atoms with van der Waals surface area (Å²) in [6, 6.07) is 1.01. The first-order valence-electron chi connectivity index (χ1n) is 9.27. The van der Waals surface area contributed by atoms with Crippen LogP contribution in [-0.4, -0.2) is 69.9 Å². The Morgan fingerprint density at radius 1 is 1.19 bits per heavy atom. The van der Waals surface area contributed by atoms with Crippen LogP contribution in [0, 0.1) is 0 Å². The van der Waals surface area contributed by atoms with Crippen molar-refractivity contribution in [3.63, 3.8) is 0 Å². The molecule has 1 aliphatic carbocycles.